The van der Waals surface area contributed by atoms with Crippen LogP contribution in [-0.4, -0.2) is 69.6 Å². The number of rotatable bonds is 1. The number of hydrogen-bond donors (Lipinski definition) is 1. The number of carboxylic acid groups (broad SMARTS) is 1. The fourth-order valence-corrected chi connectivity index (χ4v) is 4.21. The maximum Gasteiger partial charge on any atom is 0.407 e. The van der Waals surface area contributed by atoms with Crippen LogP contribution in [0.3, 0.4) is 0 Å². The van der Waals surface area contributed by atoms with Gasteiger partial charge < -0.3 is 14.9 Å². The normalized spacial score (nSPS) is 26.1. The fraction of sp³-hybridized carbons (Fsp3) is 0.800. The van der Waals surface area contributed by atoms with Crippen LogP contribution >= 0.6 is 0 Å². The van der Waals surface area contributed by atoms with Crippen LogP contribution in [-0.2, 0) is 4.79 Å². The van der Waals surface area contributed by atoms with Crippen molar-refractivity contribution in [3.63, 3.8) is 0 Å². The van der Waals surface area contributed by atoms with Crippen molar-refractivity contribution in [2.24, 2.45) is 0 Å². The molecule has 1 saturated carbocycles. The Bertz CT molecular complexity index is 493. The Balaban J connectivity index is 1.87. The van der Waals surface area contributed by atoms with E-state index in [1.54, 1.807) is 11.9 Å². The Kier molecular flexibility index (Phi) is 3.74. The Hall–Kier alpha value is -1.79. The van der Waals surface area contributed by atoms with E-state index in [2.05, 4.69) is 0 Å². The minimum absolute atomic E-state index is 0.117. The third-order valence-electron chi connectivity index (χ3n) is 5.46. The minimum Gasteiger partial charge on any atom is -0.465 e. The number of likely N-dealkylation sites (tertiary alicyclic amines) is 1. The van der Waals surface area contributed by atoms with Gasteiger partial charge in [0.2, 0.25) is 0 Å². The predicted octanol–water partition coefficient (Wildman–Crippen LogP) is 1.73. The van der Waals surface area contributed by atoms with Crippen molar-refractivity contribution in [2.75, 3.05) is 20.1 Å². The second-order valence-corrected chi connectivity index (χ2v) is 6.61. The third kappa shape index (κ3) is 2.14. The highest BCUT2D eigenvalue weighted by Crippen LogP contribution is 2.41. The number of hydrogen-bond acceptors (Lipinski definition) is 3. The van der Waals surface area contributed by atoms with Crippen molar-refractivity contribution in [2.45, 2.75) is 56.5 Å². The molecule has 1 spiro atoms. The molecule has 3 aliphatic rings. The van der Waals surface area contributed by atoms with E-state index in [1.165, 1.54) is 16.2 Å². The summed E-state index contributed by atoms with van der Waals surface area (Å²) in [4.78, 5) is 40.8. The van der Waals surface area contributed by atoms with Gasteiger partial charge in [-0.2, -0.15) is 0 Å². The Morgan fingerprint density at radius 3 is 2.27 bits per heavy atom. The van der Waals surface area contributed by atoms with Gasteiger partial charge in [-0.05, 0) is 25.7 Å². The molecule has 0 aromatic carbocycles. The van der Waals surface area contributed by atoms with Crippen molar-refractivity contribution in [3.05, 3.63) is 0 Å². The van der Waals surface area contributed by atoms with E-state index in [4.69, 9.17) is 5.11 Å². The molecule has 0 atom stereocenters. The molecule has 0 bridgehead atoms. The van der Waals surface area contributed by atoms with E-state index < -0.39 is 11.6 Å². The van der Waals surface area contributed by atoms with Crippen LogP contribution in [0.2, 0.25) is 0 Å². The average molecular weight is 309 g/mol. The average Bonchev–Trinajstić information content (AvgIpc) is 2.71. The number of piperidine rings is 1. The van der Waals surface area contributed by atoms with Crippen molar-refractivity contribution in [3.8, 4) is 0 Å². The monoisotopic (exact) mass is 309 g/mol. The van der Waals surface area contributed by atoms with Crippen LogP contribution in [0.1, 0.15) is 44.9 Å². The second-order valence-electron chi connectivity index (χ2n) is 6.61. The fourth-order valence-electron chi connectivity index (χ4n) is 4.21. The molecule has 1 aliphatic carbocycles. The number of likely N-dealkylation sites (N-methyl/N-ethyl adjacent to an activating group) is 1. The maximum atomic E-state index is 12.7. The molecule has 2 aliphatic heterocycles. The molecule has 2 heterocycles. The summed E-state index contributed by atoms with van der Waals surface area (Å²) >= 11 is 0. The van der Waals surface area contributed by atoms with Gasteiger partial charge in [0, 0.05) is 26.2 Å². The number of carbonyl (C=O) groups is 3. The molecule has 0 aromatic rings. The number of imide groups is 1. The number of urea groups is 1. The Morgan fingerprint density at radius 1 is 1.14 bits per heavy atom. The molecule has 0 aromatic heterocycles. The summed E-state index contributed by atoms with van der Waals surface area (Å²) in [5, 5.41) is 9.10. The molecule has 3 rings (SSSR count). The smallest absolute Gasteiger partial charge is 0.407 e. The largest absolute Gasteiger partial charge is 0.465 e. The number of amides is 4. The molecule has 1 N–H and O–H groups in total. The standard InChI is InChI=1S/C15H23N3O4/c1-16-12(19)15(7-9-17(10-8-15)14(21)22)18(13(16)20)11-5-3-2-4-6-11/h11H,2-10H2,1H3,(H,21,22). The third-order valence-corrected chi connectivity index (χ3v) is 5.46. The molecule has 2 saturated heterocycles. The van der Waals surface area contributed by atoms with E-state index in [1.807, 2.05) is 0 Å². The van der Waals surface area contributed by atoms with Gasteiger partial charge in [-0.15, -0.1) is 0 Å². The summed E-state index contributed by atoms with van der Waals surface area (Å²) < 4.78 is 0. The first-order chi connectivity index (χ1) is 10.5. The molecule has 0 unspecified atom stereocenters. The highest BCUT2D eigenvalue weighted by molar-refractivity contribution is 6.07. The predicted molar refractivity (Wildman–Crippen MR) is 78.4 cm³/mol. The van der Waals surface area contributed by atoms with E-state index in [9.17, 15) is 14.4 Å². The molecule has 122 valence electrons. The van der Waals surface area contributed by atoms with Gasteiger partial charge in [-0.1, -0.05) is 19.3 Å². The second kappa shape index (κ2) is 5.44. The summed E-state index contributed by atoms with van der Waals surface area (Å²) in [6.07, 6.45) is 5.10. The van der Waals surface area contributed by atoms with Gasteiger partial charge in [0.25, 0.3) is 5.91 Å². The van der Waals surface area contributed by atoms with Crippen LogP contribution in [0.4, 0.5) is 9.59 Å². The lowest BCUT2D eigenvalue weighted by atomic mass is 9.82. The van der Waals surface area contributed by atoms with Gasteiger partial charge in [0.15, 0.2) is 0 Å². The van der Waals surface area contributed by atoms with Crippen molar-refractivity contribution in [1.82, 2.24) is 14.7 Å². The molecule has 3 fully saturated rings. The molecule has 7 heteroatoms. The van der Waals surface area contributed by atoms with Crippen LogP contribution in [0.5, 0.6) is 0 Å². The zero-order valence-electron chi connectivity index (χ0n) is 13.0. The lowest BCUT2D eigenvalue weighted by molar-refractivity contribution is -0.135. The van der Waals surface area contributed by atoms with E-state index in [-0.39, 0.29) is 18.0 Å². The SMILES string of the molecule is CN1C(=O)N(C2CCCCC2)C2(CCN(C(=O)O)CC2)C1=O. The summed E-state index contributed by atoms with van der Waals surface area (Å²) in [6, 6.07) is -0.0906. The molecular weight excluding hydrogens is 286 g/mol. The first-order valence-electron chi connectivity index (χ1n) is 8.07. The van der Waals surface area contributed by atoms with Gasteiger partial charge >= 0.3 is 12.1 Å². The van der Waals surface area contributed by atoms with Crippen LogP contribution in [0.25, 0.3) is 0 Å². The first kappa shape index (κ1) is 15.1. The molecule has 4 amide bonds. The van der Waals surface area contributed by atoms with Crippen molar-refractivity contribution < 1.29 is 19.5 Å². The summed E-state index contributed by atoms with van der Waals surface area (Å²) in [5.41, 5.74) is -0.820. The lowest BCUT2D eigenvalue weighted by Gasteiger charge is -2.45. The molecule has 0 radical (unpaired) electrons. The van der Waals surface area contributed by atoms with E-state index >= 15 is 0 Å². The van der Waals surface area contributed by atoms with Crippen molar-refractivity contribution in [1.29, 1.82) is 0 Å². The lowest BCUT2D eigenvalue weighted by Crippen LogP contribution is -2.60. The summed E-state index contributed by atoms with van der Waals surface area (Å²) in [7, 11) is 1.54. The highest BCUT2D eigenvalue weighted by Gasteiger charge is 2.59. The van der Waals surface area contributed by atoms with Crippen LogP contribution in [0, 0.1) is 0 Å². The first-order valence-corrected chi connectivity index (χ1v) is 8.07. The van der Waals surface area contributed by atoms with Crippen LogP contribution in [0.15, 0.2) is 0 Å². The quantitative estimate of drug-likeness (QED) is 0.748. The van der Waals surface area contributed by atoms with Gasteiger partial charge in [0.05, 0.1) is 0 Å². The number of carbonyl (C=O) groups excluding carboxylic acids is 2. The van der Waals surface area contributed by atoms with E-state index in [0.717, 1.165) is 25.7 Å². The van der Waals surface area contributed by atoms with Gasteiger partial charge in [0.1, 0.15) is 5.54 Å². The molecule has 22 heavy (non-hydrogen) atoms. The van der Waals surface area contributed by atoms with E-state index in [0.29, 0.717) is 25.9 Å². The van der Waals surface area contributed by atoms with Crippen LogP contribution < -0.4 is 0 Å². The zero-order valence-corrected chi connectivity index (χ0v) is 13.0. The molecule has 7 nitrogen and oxygen atoms in total. The maximum absolute atomic E-state index is 12.7. The van der Waals surface area contributed by atoms with Gasteiger partial charge in [-0.25, -0.2) is 9.59 Å². The van der Waals surface area contributed by atoms with Gasteiger partial charge in [-0.3, -0.25) is 9.69 Å². The summed E-state index contributed by atoms with van der Waals surface area (Å²) in [6.45, 7) is 0.622. The summed E-state index contributed by atoms with van der Waals surface area (Å²) in [5.74, 6) is -0.159. The Labute approximate surface area is 129 Å². The molecular formula is C15H23N3O4. The zero-order chi connectivity index (χ0) is 15.9. The number of nitrogens with zero attached hydrogens (tertiary/aromatic N) is 3. The minimum atomic E-state index is -0.954. The topological polar surface area (TPSA) is 81.2 Å². The Morgan fingerprint density at radius 2 is 1.73 bits per heavy atom. The van der Waals surface area contributed by atoms with Crippen molar-refractivity contribution >= 4 is 18.0 Å². The highest BCUT2D eigenvalue weighted by atomic mass is 16.4.